The fourth-order valence-electron chi connectivity index (χ4n) is 4.34. The second-order valence-corrected chi connectivity index (χ2v) is 8.41. The first-order valence-electron chi connectivity index (χ1n) is 11.6. The van der Waals surface area contributed by atoms with Gasteiger partial charge < -0.3 is 14.6 Å². The molecule has 9 nitrogen and oxygen atoms in total. The van der Waals surface area contributed by atoms with E-state index < -0.39 is 36.2 Å². The van der Waals surface area contributed by atoms with Gasteiger partial charge in [-0.25, -0.2) is 9.59 Å². The van der Waals surface area contributed by atoms with Crippen LogP contribution in [0.2, 0.25) is 0 Å². The van der Waals surface area contributed by atoms with E-state index >= 15 is 0 Å². The summed E-state index contributed by atoms with van der Waals surface area (Å²) in [4.78, 5) is 30.8. The number of aliphatic hydroxyl groups excluding tert-OH is 1. The van der Waals surface area contributed by atoms with Gasteiger partial charge in [-0.1, -0.05) is 71.8 Å². The number of carbonyl (C=O) groups is 2. The number of benzene rings is 3. The smallest absolute Gasteiger partial charge is 0.338 e. The highest BCUT2D eigenvalue weighted by Crippen LogP contribution is 2.29. The van der Waals surface area contributed by atoms with Crippen LogP contribution in [-0.2, 0) is 16.0 Å². The molecule has 1 unspecified atom stereocenters. The van der Waals surface area contributed by atoms with Crippen LogP contribution in [0.3, 0.4) is 0 Å². The third kappa shape index (κ3) is 5.90. The maximum absolute atomic E-state index is 13.0. The summed E-state index contributed by atoms with van der Waals surface area (Å²) >= 11 is 0. The van der Waals surface area contributed by atoms with Gasteiger partial charge in [0.1, 0.15) is 0 Å². The number of rotatable bonds is 8. The molecule has 0 bridgehead atoms. The fourth-order valence-corrected chi connectivity index (χ4v) is 4.34. The van der Waals surface area contributed by atoms with E-state index in [1.54, 1.807) is 60.7 Å². The molecule has 1 aliphatic rings. The molecule has 0 saturated carbocycles. The Morgan fingerprint density at radius 1 is 0.861 bits per heavy atom. The standard InChI is InChI=1S/C27H26N4O5/c28-30-29-22-17-31(16-19-10-4-1-5-11-19)23(18-32)25(36-27(34)21-14-8-3-9-15-21)24(22)35-26(33)20-12-6-2-7-13-20/h1-15,22-25,32H,16-18H2/t22-,23+,24+,25?/m0/s1. The SMILES string of the molecule is [N-]=[N+]=N[C@H]1CN(Cc2ccccc2)[C@H](CO)C(OC(=O)c2ccccc2)[C@@H]1OC(=O)c1ccccc1. The van der Waals surface area contributed by atoms with E-state index in [2.05, 4.69) is 10.0 Å². The molecule has 0 radical (unpaired) electrons. The van der Waals surface area contributed by atoms with Crippen molar-refractivity contribution < 1.29 is 24.2 Å². The minimum atomic E-state index is -1.11. The molecule has 4 rings (SSSR count). The zero-order valence-electron chi connectivity index (χ0n) is 19.5. The first kappa shape index (κ1) is 24.9. The fraction of sp³-hybridized carbons (Fsp3) is 0.259. The van der Waals surface area contributed by atoms with Gasteiger partial charge in [-0.2, -0.15) is 0 Å². The summed E-state index contributed by atoms with van der Waals surface area (Å²) in [7, 11) is 0. The van der Waals surface area contributed by atoms with Gasteiger partial charge in [0, 0.05) is 18.0 Å². The number of nitrogens with zero attached hydrogens (tertiary/aromatic N) is 4. The van der Waals surface area contributed by atoms with Gasteiger partial charge in [0.15, 0.2) is 12.2 Å². The number of carbonyl (C=O) groups excluding carboxylic acids is 2. The largest absolute Gasteiger partial charge is 0.454 e. The molecule has 4 atom stereocenters. The van der Waals surface area contributed by atoms with Crippen molar-refractivity contribution in [3.05, 3.63) is 118 Å². The van der Waals surface area contributed by atoms with Crippen LogP contribution < -0.4 is 0 Å². The lowest BCUT2D eigenvalue weighted by Crippen LogP contribution is -2.63. The maximum atomic E-state index is 13.0. The van der Waals surface area contributed by atoms with Crippen LogP contribution in [0.15, 0.2) is 96.1 Å². The minimum Gasteiger partial charge on any atom is -0.454 e. The van der Waals surface area contributed by atoms with Crippen molar-refractivity contribution in [3.63, 3.8) is 0 Å². The highest BCUT2D eigenvalue weighted by molar-refractivity contribution is 5.90. The summed E-state index contributed by atoms with van der Waals surface area (Å²) in [5.74, 6) is -1.28. The summed E-state index contributed by atoms with van der Waals surface area (Å²) in [5.41, 5.74) is 10.8. The van der Waals surface area contributed by atoms with Gasteiger partial charge in [0.05, 0.1) is 29.8 Å². The predicted octanol–water partition coefficient (Wildman–Crippen LogP) is 3.99. The van der Waals surface area contributed by atoms with Crippen molar-refractivity contribution in [1.29, 1.82) is 0 Å². The normalized spacial score (nSPS) is 21.7. The average molecular weight is 487 g/mol. The Labute approximate surface area is 208 Å². The van der Waals surface area contributed by atoms with Crippen LogP contribution in [-0.4, -0.2) is 59.4 Å². The van der Waals surface area contributed by atoms with Gasteiger partial charge in [-0.05, 0) is 35.4 Å². The quantitative estimate of drug-likeness (QED) is 0.222. The van der Waals surface area contributed by atoms with Crippen molar-refractivity contribution in [3.8, 4) is 0 Å². The van der Waals surface area contributed by atoms with E-state index in [1.807, 2.05) is 35.2 Å². The summed E-state index contributed by atoms with van der Waals surface area (Å²) in [6, 6.07) is 24.8. The molecule has 1 saturated heterocycles. The van der Waals surface area contributed by atoms with Gasteiger partial charge in [0.2, 0.25) is 0 Å². The molecule has 1 N–H and O–H groups in total. The highest BCUT2D eigenvalue weighted by Gasteiger charge is 2.48. The molecule has 0 spiro atoms. The van der Waals surface area contributed by atoms with E-state index in [9.17, 15) is 20.2 Å². The Bertz CT molecular complexity index is 1200. The Balaban J connectivity index is 1.68. The second-order valence-electron chi connectivity index (χ2n) is 8.41. The molecule has 0 amide bonds. The van der Waals surface area contributed by atoms with E-state index in [0.29, 0.717) is 17.7 Å². The summed E-state index contributed by atoms with van der Waals surface area (Å²) < 4.78 is 11.7. The van der Waals surface area contributed by atoms with Gasteiger partial charge in [-0.3, -0.25) is 4.90 Å². The number of likely N-dealkylation sites (tertiary alicyclic amines) is 1. The van der Waals surface area contributed by atoms with Gasteiger partial charge in [0.25, 0.3) is 0 Å². The van der Waals surface area contributed by atoms with Crippen LogP contribution in [0.4, 0.5) is 0 Å². The molecule has 0 aromatic heterocycles. The highest BCUT2D eigenvalue weighted by atomic mass is 16.6. The molecule has 36 heavy (non-hydrogen) atoms. The Morgan fingerprint density at radius 3 is 1.86 bits per heavy atom. The molecular formula is C27H26N4O5. The van der Waals surface area contributed by atoms with Crippen LogP contribution >= 0.6 is 0 Å². The van der Waals surface area contributed by atoms with Crippen LogP contribution in [0.5, 0.6) is 0 Å². The third-order valence-electron chi connectivity index (χ3n) is 6.09. The molecule has 3 aromatic rings. The number of azide groups is 1. The molecule has 9 heteroatoms. The Hall–Kier alpha value is -4.17. The minimum absolute atomic E-state index is 0.191. The third-order valence-corrected chi connectivity index (χ3v) is 6.09. The van der Waals surface area contributed by atoms with Crippen LogP contribution in [0, 0.1) is 0 Å². The maximum Gasteiger partial charge on any atom is 0.338 e. The predicted molar refractivity (Wildman–Crippen MR) is 132 cm³/mol. The number of hydrogen-bond donors (Lipinski definition) is 1. The van der Waals surface area contributed by atoms with Crippen LogP contribution in [0.25, 0.3) is 10.4 Å². The van der Waals surface area contributed by atoms with Crippen molar-refractivity contribution in [1.82, 2.24) is 4.90 Å². The number of esters is 2. The molecule has 184 valence electrons. The zero-order valence-corrected chi connectivity index (χ0v) is 19.5. The zero-order chi connectivity index (χ0) is 25.3. The molecule has 0 aliphatic carbocycles. The topological polar surface area (TPSA) is 125 Å². The molecule has 1 heterocycles. The number of hydrogen-bond acceptors (Lipinski definition) is 7. The lowest BCUT2D eigenvalue weighted by molar-refractivity contribution is -0.114. The Kier molecular flexibility index (Phi) is 8.31. The number of ether oxygens (including phenoxy) is 2. The lowest BCUT2D eigenvalue weighted by atomic mass is 9.91. The summed E-state index contributed by atoms with van der Waals surface area (Å²) in [6.45, 7) is 0.223. The number of piperidine rings is 1. The van der Waals surface area contributed by atoms with Crippen molar-refractivity contribution in [2.75, 3.05) is 13.2 Å². The Morgan fingerprint density at radius 2 is 1.36 bits per heavy atom. The lowest BCUT2D eigenvalue weighted by Gasteiger charge is -2.46. The average Bonchev–Trinajstić information content (AvgIpc) is 2.92. The van der Waals surface area contributed by atoms with E-state index in [4.69, 9.17) is 9.47 Å². The van der Waals surface area contributed by atoms with E-state index in [0.717, 1.165) is 5.56 Å². The number of aliphatic hydroxyl groups is 1. The molecular weight excluding hydrogens is 460 g/mol. The van der Waals surface area contributed by atoms with Crippen molar-refractivity contribution in [2.45, 2.75) is 30.8 Å². The molecule has 1 fully saturated rings. The summed E-state index contributed by atoms with van der Waals surface area (Å²) in [5, 5.41) is 14.3. The first-order chi connectivity index (χ1) is 17.6. The van der Waals surface area contributed by atoms with Crippen molar-refractivity contribution >= 4 is 11.9 Å². The summed E-state index contributed by atoms with van der Waals surface area (Å²) in [6.07, 6.45) is -2.20. The van der Waals surface area contributed by atoms with E-state index in [-0.39, 0.29) is 13.2 Å². The van der Waals surface area contributed by atoms with Gasteiger partial charge >= 0.3 is 11.9 Å². The monoisotopic (exact) mass is 486 g/mol. The molecule has 3 aromatic carbocycles. The molecule has 1 aliphatic heterocycles. The first-order valence-corrected chi connectivity index (χ1v) is 11.6. The van der Waals surface area contributed by atoms with Crippen molar-refractivity contribution in [2.24, 2.45) is 5.11 Å². The second kappa shape index (κ2) is 12.0. The van der Waals surface area contributed by atoms with Gasteiger partial charge in [-0.15, -0.1) is 0 Å². The van der Waals surface area contributed by atoms with E-state index in [1.165, 1.54) is 0 Å². The van der Waals surface area contributed by atoms with Crippen LogP contribution in [0.1, 0.15) is 26.3 Å².